The Labute approximate surface area is 106 Å². The van der Waals surface area contributed by atoms with E-state index < -0.39 is 0 Å². The Morgan fingerprint density at radius 3 is 3.00 bits per heavy atom. The number of aromatic nitrogens is 3. The molecule has 0 spiro atoms. The van der Waals surface area contributed by atoms with Crippen LogP contribution in [0.1, 0.15) is 18.4 Å². The highest BCUT2D eigenvalue weighted by molar-refractivity contribution is 5.74. The molecule has 1 saturated heterocycles. The Bertz CT molecular complexity index is 557. The zero-order chi connectivity index (χ0) is 12.5. The number of ether oxygens (including phenoxy) is 1. The summed E-state index contributed by atoms with van der Waals surface area (Å²) in [7, 11) is 0. The van der Waals surface area contributed by atoms with Gasteiger partial charge in [-0.1, -0.05) is 0 Å². The van der Waals surface area contributed by atoms with Gasteiger partial charge in [-0.25, -0.2) is 9.97 Å². The first-order chi connectivity index (χ1) is 8.74. The van der Waals surface area contributed by atoms with Crippen LogP contribution in [0, 0.1) is 12.8 Å². The van der Waals surface area contributed by atoms with Gasteiger partial charge >= 0.3 is 0 Å². The number of nitrogens with zero attached hydrogens (tertiary/aromatic N) is 3. The number of fused-ring (bicyclic) bond motifs is 1. The van der Waals surface area contributed by atoms with Crippen molar-refractivity contribution in [1.82, 2.24) is 14.5 Å². The van der Waals surface area contributed by atoms with Gasteiger partial charge in [0.2, 0.25) is 5.95 Å². The minimum atomic E-state index is 0.564. The van der Waals surface area contributed by atoms with E-state index in [1.165, 1.54) is 0 Å². The van der Waals surface area contributed by atoms with Crippen LogP contribution in [0.5, 0.6) is 0 Å². The molecule has 0 saturated carbocycles. The quantitative estimate of drug-likeness (QED) is 0.876. The molecular weight excluding hydrogens is 228 g/mol. The second-order valence-corrected chi connectivity index (χ2v) is 4.99. The van der Waals surface area contributed by atoms with E-state index in [9.17, 15) is 0 Å². The Morgan fingerprint density at radius 2 is 2.22 bits per heavy atom. The Morgan fingerprint density at radius 1 is 1.44 bits per heavy atom. The maximum atomic E-state index is 6.00. The monoisotopic (exact) mass is 246 g/mol. The number of imidazole rings is 1. The average Bonchev–Trinajstić information content (AvgIpc) is 2.66. The molecular formula is C13H18N4O. The number of nitrogens with two attached hydrogens (primary N) is 1. The lowest BCUT2D eigenvalue weighted by Crippen LogP contribution is -2.21. The summed E-state index contributed by atoms with van der Waals surface area (Å²) in [6, 6.07) is 2.03. The van der Waals surface area contributed by atoms with E-state index in [0.29, 0.717) is 11.9 Å². The van der Waals surface area contributed by atoms with Gasteiger partial charge in [-0.05, 0) is 37.3 Å². The van der Waals surface area contributed by atoms with E-state index in [4.69, 9.17) is 10.5 Å². The van der Waals surface area contributed by atoms with Crippen molar-refractivity contribution >= 4 is 17.1 Å². The number of hydrogen-bond acceptors (Lipinski definition) is 4. The van der Waals surface area contributed by atoms with Crippen LogP contribution in [-0.4, -0.2) is 27.7 Å². The predicted molar refractivity (Wildman–Crippen MR) is 70.2 cm³/mol. The topological polar surface area (TPSA) is 66.0 Å². The van der Waals surface area contributed by atoms with E-state index in [2.05, 4.69) is 9.97 Å². The summed E-state index contributed by atoms with van der Waals surface area (Å²) in [6.07, 6.45) is 4.04. The number of nitrogen functional groups attached to an aromatic ring is 1. The molecule has 2 aromatic heterocycles. The molecule has 0 amide bonds. The summed E-state index contributed by atoms with van der Waals surface area (Å²) in [6.45, 7) is 4.61. The largest absolute Gasteiger partial charge is 0.381 e. The molecule has 5 nitrogen and oxygen atoms in total. The first-order valence-electron chi connectivity index (χ1n) is 6.40. The highest BCUT2D eigenvalue weighted by Gasteiger charge is 2.18. The molecule has 2 N–H and O–H groups in total. The lowest BCUT2D eigenvalue weighted by Gasteiger charge is -2.22. The van der Waals surface area contributed by atoms with Gasteiger partial charge in [-0.2, -0.15) is 0 Å². The van der Waals surface area contributed by atoms with E-state index in [1.807, 2.05) is 23.8 Å². The summed E-state index contributed by atoms with van der Waals surface area (Å²) in [4.78, 5) is 8.84. The van der Waals surface area contributed by atoms with Gasteiger partial charge in [0.05, 0.1) is 0 Å². The van der Waals surface area contributed by atoms with Crippen LogP contribution in [0.2, 0.25) is 0 Å². The molecule has 5 heteroatoms. The fraction of sp³-hybridized carbons (Fsp3) is 0.538. The lowest BCUT2D eigenvalue weighted by molar-refractivity contribution is 0.0617. The van der Waals surface area contributed by atoms with E-state index >= 15 is 0 Å². The van der Waals surface area contributed by atoms with Crippen LogP contribution in [0.25, 0.3) is 11.2 Å². The van der Waals surface area contributed by atoms with Gasteiger partial charge in [-0.3, -0.25) is 4.57 Å². The molecule has 0 aromatic carbocycles. The maximum absolute atomic E-state index is 6.00. The van der Waals surface area contributed by atoms with Gasteiger partial charge < -0.3 is 10.5 Å². The fourth-order valence-electron chi connectivity index (χ4n) is 2.50. The number of anilines is 1. The second-order valence-electron chi connectivity index (χ2n) is 4.99. The van der Waals surface area contributed by atoms with Crippen molar-refractivity contribution in [2.24, 2.45) is 5.92 Å². The molecule has 96 valence electrons. The van der Waals surface area contributed by atoms with Crippen LogP contribution in [0.4, 0.5) is 5.95 Å². The SMILES string of the molecule is Cc1cnc2c(c1)nc(N)n2CC1CCOCC1. The number of hydrogen-bond donors (Lipinski definition) is 1. The first kappa shape index (κ1) is 11.5. The summed E-state index contributed by atoms with van der Waals surface area (Å²) in [5.41, 5.74) is 8.89. The third kappa shape index (κ3) is 2.06. The number of pyridine rings is 1. The molecule has 18 heavy (non-hydrogen) atoms. The van der Waals surface area contributed by atoms with Crippen molar-refractivity contribution < 1.29 is 4.74 Å². The van der Waals surface area contributed by atoms with Crippen molar-refractivity contribution in [3.63, 3.8) is 0 Å². The highest BCUT2D eigenvalue weighted by atomic mass is 16.5. The molecule has 1 aliphatic rings. The Kier molecular flexibility index (Phi) is 2.91. The molecule has 1 aliphatic heterocycles. The summed E-state index contributed by atoms with van der Waals surface area (Å²) in [5.74, 6) is 1.18. The minimum absolute atomic E-state index is 0.564. The molecule has 3 rings (SSSR count). The molecule has 0 unspecified atom stereocenters. The summed E-state index contributed by atoms with van der Waals surface area (Å²) in [5, 5.41) is 0. The van der Waals surface area contributed by atoms with Crippen molar-refractivity contribution in [2.45, 2.75) is 26.3 Å². The summed E-state index contributed by atoms with van der Waals surface area (Å²) < 4.78 is 7.41. The van der Waals surface area contributed by atoms with Crippen LogP contribution in [-0.2, 0) is 11.3 Å². The molecule has 3 heterocycles. The number of aryl methyl sites for hydroxylation is 1. The average molecular weight is 246 g/mol. The zero-order valence-electron chi connectivity index (χ0n) is 10.6. The van der Waals surface area contributed by atoms with Crippen molar-refractivity contribution in [1.29, 1.82) is 0 Å². The molecule has 0 atom stereocenters. The maximum Gasteiger partial charge on any atom is 0.202 e. The van der Waals surface area contributed by atoms with Crippen LogP contribution in [0.3, 0.4) is 0 Å². The van der Waals surface area contributed by atoms with Crippen LogP contribution in [0.15, 0.2) is 12.3 Å². The molecule has 2 aromatic rings. The zero-order valence-corrected chi connectivity index (χ0v) is 10.6. The van der Waals surface area contributed by atoms with Crippen molar-refractivity contribution in [2.75, 3.05) is 18.9 Å². The lowest BCUT2D eigenvalue weighted by atomic mass is 10.0. The summed E-state index contributed by atoms with van der Waals surface area (Å²) >= 11 is 0. The first-order valence-corrected chi connectivity index (χ1v) is 6.40. The normalized spacial score (nSPS) is 17.4. The van der Waals surface area contributed by atoms with E-state index in [1.54, 1.807) is 0 Å². The fourth-order valence-corrected chi connectivity index (χ4v) is 2.50. The Balaban J connectivity index is 1.92. The third-order valence-electron chi connectivity index (χ3n) is 3.53. The highest BCUT2D eigenvalue weighted by Crippen LogP contribution is 2.22. The standard InChI is InChI=1S/C13H18N4O/c1-9-6-11-12(15-7-9)17(13(14)16-11)8-10-2-4-18-5-3-10/h6-7,10H,2-5,8H2,1H3,(H2,14,16). The molecule has 0 aliphatic carbocycles. The number of rotatable bonds is 2. The van der Waals surface area contributed by atoms with E-state index in [0.717, 1.165) is 49.3 Å². The molecule has 1 fully saturated rings. The molecule has 0 bridgehead atoms. The van der Waals surface area contributed by atoms with Gasteiger partial charge in [0.15, 0.2) is 5.65 Å². The smallest absolute Gasteiger partial charge is 0.202 e. The minimum Gasteiger partial charge on any atom is -0.381 e. The second kappa shape index (κ2) is 4.57. The Hall–Kier alpha value is -1.62. The van der Waals surface area contributed by atoms with Crippen LogP contribution >= 0.6 is 0 Å². The van der Waals surface area contributed by atoms with Crippen LogP contribution < -0.4 is 5.73 Å². The predicted octanol–water partition coefficient (Wildman–Crippen LogP) is 1.75. The van der Waals surface area contributed by atoms with Gasteiger partial charge in [0.1, 0.15) is 5.52 Å². The van der Waals surface area contributed by atoms with Gasteiger partial charge in [-0.15, -0.1) is 0 Å². The van der Waals surface area contributed by atoms with Crippen molar-refractivity contribution in [3.05, 3.63) is 17.8 Å². The third-order valence-corrected chi connectivity index (χ3v) is 3.53. The van der Waals surface area contributed by atoms with Gasteiger partial charge in [0, 0.05) is 26.0 Å². The van der Waals surface area contributed by atoms with E-state index in [-0.39, 0.29) is 0 Å². The van der Waals surface area contributed by atoms with Gasteiger partial charge in [0.25, 0.3) is 0 Å². The van der Waals surface area contributed by atoms with Crippen molar-refractivity contribution in [3.8, 4) is 0 Å². The molecule has 0 radical (unpaired) electrons.